The summed E-state index contributed by atoms with van der Waals surface area (Å²) in [5.41, 5.74) is 7.65. The molecule has 0 saturated heterocycles. The Hall–Kier alpha value is -2.76. The highest BCUT2D eigenvalue weighted by atomic mass is 16.1. The number of amides is 1. The lowest BCUT2D eigenvalue weighted by atomic mass is 9.71. The van der Waals surface area contributed by atoms with E-state index in [9.17, 15) is 4.79 Å². The number of nitrogens with two attached hydrogens (primary N) is 1. The SMILES string of the molecule is NC(=O)C1(c2cc3c[nH]nc3cn2)CCCC1c1cccnc1. The van der Waals surface area contributed by atoms with Crippen LogP contribution in [0.5, 0.6) is 0 Å². The van der Waals surface area contributed by atoms with Gasteiger partial charge in [-0.3, -0.25) is 19.9 Å². The first kappa shape index (κ1) is 13.9. The van der Waals surface area contributed by atoms with Gasteiger partial charge in [0.1, 0.15) is 5.52 Å². The second kappa shape index (κ2) is 5.15. The van der Waals surface area contributed by atoms with Crippen molar-refractivity contribution in [2.45, 2.75) is 30.6 Å². The molecular weight excluding hydrogens is 290 g/mol. The molecule has 1 aliphatic carbocycles. The molecule has 1 aliphatic rings. The smallest absolute Gasteiger partial charge is 0.230 e. The number of carbonyl (C=O) groups is 1. The van der Waals surface area contributed by atoms with E-state index in [1.807, 2.05) is 30.6 Å². The van der Waals surface area contributed by atoms with Gasteiger partial charge in [-0.05, 0) is 30.5 Å². The van der Waals surface area contributed by atoms with Crippen LogP contribution in [-0.4, -0.2) is 26.1 Å². The fourth-order valence-electron chi connectivity index (χ4n) is 3.85. The average Bonchev–Trinajstić information content (AvgIpc) is 3.22. The number of H-pyrrole nitrogens is 1. The lowest BCUT2D eigenvalue weighted by Crippen LogP contribution is -2.43. The van der Waals surface area contributed by atoms with E-state index in [2.05, 4.69) is 20.2 Å². The number of hydrogen-bond donors (Lipinski definition) is 2. The highest BCUT2D eigenvalue weighted by molar-refractivity contribution is 5.89. The standard InChI is InChI=1S/C17H17N5O/c18-16(23)17(15-7-12-9-21-22-14(12)10-20-15)5-1-4-13(17)11-3-2-6-19-8-11/h2-3,6-10,13H,1,4-5H2,(H2,18,23)(H,21,22). The monoisotopic (exact) mass is 307 g/mol. The zero-order valence-electron chi connectivity index (χ0n) is 12.6. The van der Waals surface area contributed by atoms with Gasteiger partial charge in [-0.2, -0.15) is 5.10 Å². The summed E-state index contributed by atoms with van der Waals surface area (Å²) >= 11 is 0. The number of pyridine rings is 2. The Bertz CT molecular complexity index is 860. The molecule has 0 radical (unpaired) electrons. The second-order valence-corrected chi connectivity index (χ2v) is 6.08. The number of aromatic nitrogens is 4. The summed E-state index contributed by atoms with van der Waals surface area (Å²) in [6.07, 6.45) is 9.61. The lowest BCUT2D eigenvalue weighted by molar-refractivity contribution is -0.124. The van der Waals surface area contributed by atoms with Crippen molar-refractivity contribution in [3.05, 3.63) is 54.2 Å². The Balaban J connectivity index is 1.89. The number of rotatable bonds is 3. The maximum atomic E-state index is 12.5. The Morgan fingerprint density at radius 1 is 1.39 bits per heavy atom. The maximum Gasteiger partial charge on any atom is 0.230 e. The van der Waals surface area contributed by atoms with Crippen LogP contribution in [0, 0.1) is 0 Å². The van der Waals surface area contributed by atoms with Gasteiger partial charge in [0.05, 0.1) is 17.3 Å². The molecule has 1 saturated carbocycles. The third kappa shape index (κ3) is 2.02. The van der Waals surface area contributed by atoms with Gasteiger partial charge >= 0.3 is 0 Å². The molecular formula is C17H17N5O. The maximum absolute atomic E-state index is 12.5. The van der Waals surface area contributed by atoms with Crippen molar-refractivity contribution in [2.24, 2.45) is 5.73 Å². The van der Waals surface area contributed by atoms with Crippen molar-refractivity contribution in [2.75, 3.05) is 0 Å². The van der Waals surface area contributed by atoms with Crippen LogP contribution < -0.4 is 5.73 Å². The molecule has 23 heavy (non-hydrogen) atoms. The van der Waals surface area contributed by atoms with Gasteiger partial charge in [0.15, 0.2) is 0 Å². The van der Waals surface area contributed by atoms with Crippen molar-refractivity contribution >= 4 is 16.8 Å². The minimum absolute atomic E-state index is 0.00514. The lowest BCUT2D eigenvalue weighted by Gasteiger charge is -2.32. The van der Waals surface area contributed by atoms with Gasteiger partial charge in [0.2, 0.25) is 5.91 Å². The molecule has 1 amide bonds. The number of hydrogen-bond acceptors (Lipinski definition) is 4. The molecule has 3 heterocycles. The Morgan fingerprint density at radius 2 is 2.30 bits per heavy atom. The summed E-state index contributed by atoms with van der Waals surface area (Å²) in [7, 11) is 0. The summed E-state index contributed by atoms with van der Waals surface area (Å²) in [6.45, 7) is 0. The first-order valence-electron chi connectivity index (χ1n) is 7.71. The quantitative estimate of drug-likeness (QED) is 0.773. The van der Waals surface area contributed by atoms with E-state index in [-0.39, 0.29) is 11.8 Å². The molecule has 1 fully saturated rings. The van der Waals surface area contributed by atoms with Crippen LogP contribution in [0.1, 0.15) is 36.4 Å². The van der Waals surface area contributed by atoms with Crippen LogP contribution >= 0.6 is 0 Å². The fraction of sp³-hybridized carbons (Fsp3) is 0.294. The molecule has 0 aromatic carbocycles. The van der Waals surface area contributed by atoms with E-state index in [4.69, 9.17) is 5.73 Å². The molecule has 0 spiro atoms. The highest BCUT2D eigenvalue weighted by Gasteiger charge is 2.51. The van der Waals surface area contributed by atoms with Crippen molar-refractivity contribution in [1.82, 2.24) is 20.2 Å². The van der Waals surface area contributed by atoms with E-state index < -0.39 is 5.41 Å². The van der Waals surface area contributed by atoms with Crippen LogP contribution in [0.3, 0.4) is 0 Å². The summed E-state index contributed by atoms with van der Waals surface area (Å²) in [5, 5.41) is 7.88. The van der Waals surface area contributed by atoms with Crippen molar-refractivity contribution in [3.63, 3.8) is 0 Å². The number of fused-ring (bicyclic) bond motifs is 1. The van der Waals surface area contributed by atoms with E-state index in [0.717, 1.165) is 35.0 Å². The highest BCUT2D eigenvalue weighted by Crippen LogP contribution is 2.50. The predicted molar refractivity (Wildman–Crippen MR) is 85.6 cm³/mol. The number of nitrogens with one attached hydrogen (secondary N) is 1. The molecule has 4 rings (SSSR count). The first-order valence-corrected chi connectivity index (χ1v) is 7.71. The average molecular weight is 307 g/mol. The van der Waals surface area contributed by atoms with Gasteiger partial charge in [0, 0.05) is 29.9 Å². The summed E-state index contributed by atoms with van der Waals surface area (Å²) < 4.78 is 0. The van der Waals surface area contributed by atoms with E-state index in [1.165, 1.54) is 0 Å². The Kier molecular flexibility index (Phi) is 3.11. The summed E-state index contributed by atoms with van der Waals surface area (Å²) in [5.74, 6) is -0.315. The molecule has 2 atom stereocenters. The predicted octanol–water partition coefficient (Wildman–Crippen LogP) is 2.04. The third-order valence-corrected chi connectivity index (χ3v) is 4.96. The van der Waals surface area contributed by atoms with E-state index in [1.54, 1.807) is 12.4 Å². The number of aromatic amines is 1. The van der Waals surface area contributed by atoms with Crippen LogP contribution in [0.4, 0.5) is 0 Å². The molecule has 2 unspecified atom stereocenters. The Labute approximate surface area is 133 Å². The zero-order chi connectivity index (χ0) is 15.9. The van der Waals surface area contributed by atoms with Gasteiger partial charge in [-0.1, -0.05) is 12.5 Å². The van der Waals surface area contributed by atoms with Crippen LogP contribution in [0.25, 0.3) is 10.9 Å². The van der Waals surface area contributed by atoms with Crippen LogP contribution in [0.2, 0.25) is 0 Å². The van der Waals surface area contributed by atoms with E-state index >= 15 is 0 Å². The number of carbonyl (C=O) groups excluding carboxylic acids is 1. The third-order valence-electron chi connectivity index (χ3n) is 4.96. The molecule has 3 N–H and O–H groups in total. The Morgan fingerprint density at radius 3 is 3.09 bits per heavy atom. The number of primary amides is 1. The molecule has 116 valence electrons. The van der Waals surface area contributed by atoms with Gasteiger partial charge in [0.25, 0.3) is 0 Å². The summed E-state index contributed by atoms with van der Waals surface area (Å²) in [4.78, 5) is 21.2. The number of nitrogens with zero attached hydrogens (tertiary/aromatic N) is 3. The largest absolute Gasteiger partial charge is 0.369 e. The minimum Gasteiger partial charge on any atom is -0.369 e. The van der Waals surface area contributed by atoms with Crippen LogP contribution in [0.15, 0.2) is 43.0 Å². The zero-order valence-corrected chi connectivity index (χ0v) is 12.6. The van der Waals surface area contributed by atoms with Crippen molar-refractivity contribution in [3.8, 4) is 0 Å². The van der Waals surface area contributed by atoms with E-state index in [0.29, 0.717) is 6.42 Å². The van der Waals surface area contributed by atoms with Gasteiger partial charge < -0.3 is 5.73 Å². The molecule has 0 aliphatic heterocycles. The van der Waals surface area contributed by atoms with Crippen molar-refractivity contribution < 1.29 is 4.79 Å². The summed E-state index contributed by atoms with van der Waals surface area (Å²) in [6, 6.07) is 5.83. The van der Waals surface area contributed by atoms with Crippen LogP contribution in [-0.2, 0) is 10.2 Å². The first-order chi connectivity index (χ1) is 11.2. The molecule has 6 heteroatoms. The topological polar surface area (TPSA) is 97.6 Å². The van der Waals surface area contributed by atoms with Crippen molar-refractivity contribution in [1.29, 1.82) is 0 Å². The van der Waals surface area contributed by atoms with Gasteiger partial charge in [-0.25, -0.2) is 0 Å². The minimum atomic E-state index is -0.783. The fourth-order valence-corrected chi connectivity index (χ4v) is 3.85. The second-order valence-electron chi connectivity index (χ2n) is 6.08. The van der Waals surface area contributed by atoms with Gasteiger partial charge in [-0.15, -0.1) is 0 Å². The normalized spacial score (nSPS) is 24.1. The molecule has 0 bridgehead atoms. The molecule has 3 aromatic rings. The molecule has 6 nitrogen and oxygen atoms in total. The molecule has 3 aromatic heterocycles.